The van der Waals surface area contributed by atoms with E-state index >= 15 is 0 Å². The van der Waals surface area contributed by atoms with Crippen LogP contribution < -0.4 is 0 Å². The van der Waals surface area contributed by atoms with Gasteiger partial charge >= 0.3 is 0 Å². The van der Waals surface area contributed by atoms with Crippen LogP contribution in [0.15, 0.2) is 48.5 Å². The summed E-state index contributed by atoms with van der Waals surface area (Å²) in [6.07, 6.45) is 5.54. The zero-order valence-electron chi connectivity index (χ0n) is 13.0. The molecule has 0 spiro atoms. The first kappa shape index (κ1) is 14.6. The van der Waals surface area contributed by atoms with Gasteiger partial charge in [-0.25, -0.2) is 0 Å². The molecule has 0 unspecified atom stereocenters. The molecular formula is C21H19ClO. The normalized spacial score (nSPS) is 14.0. The minimum Gasteiger partial charge on any atom is -0.508 e. The minimum absolute atomic E-state index is 0.355. The van der Waals surface area contributed by atoms with Gasteiger partial charge in [0.15, 0.2) is 0 Å². The summed E-state index contributed by atoms with van der Waals surface area (Å²) in [5.41, 5.74) is 4.89. The molecular weight excluding hydrogens is 304 g/mol. The second kappa shape index (κ2) is 5.90. The molecule has 3 aromatic carbocycles. The molecule has 0 amide bonds. The van der Waals surface area contributed by atoms with Gasteiger partial charge in [0, 0.05) is 11.4 Å². The molecule has 0 atom stereocenters. The highest BCUT2D eigenvalue weighted by atomic mass is 35.5. The molecule has 1 aliphatic carbocycles. The van der Waals surface area contributed by atoms with Gasteiger partial charge in [-0.3, -0.25) is 0 Å². The summed E-state index contributed by atoms with van der Waals surface area (Å²) in [4.78, 5) is 0. The van der Waals surface area contributed by atoms with Gasteiger partial charge in [-0.1, -0.05) is 41.9 Å². The maximum atomic E-state index is 10.4. The third kappa shape index (κ3) is 2.82. The van der Waals surface area contributed by atoms with Gasteiger partial charge in [0.2, 0.25) is 0 Å². The van der Waals surface area contributed by atoms with E-state index in [1.165, 1.54) is 35.8 Å². The van der Waals surface area contributed by atoms with Crippen LogP contribution in [-0.2, 0) is 19.3 Å². The molecule has 1 aliphatic rings. The number of hydrogen-bond donors (Lipinski definition) is 1. The van der Waals surface area contributed by atoms with E-state index in [1.807, 2.05) is 30.3 Å². The van der Waals surface area contributed by atoms with Crippen molar-refractivity contribution in [3.8, 4) is 5.75 Å². The third-order valence-corrected chi connectivity index (χ3v) is 5.21. The first-order chi connectivity index (χ1) is 11.2. The molecule has 0 heterocycles. The lowest BCUT2D eigenvalue weighted by Crippen LogP contribution is -2.02. The van der Waals surface area contributed by atoms with Gasteiger partial charge in [-0.2, -0.15) is 0 Å². The molecule has 1 nitrogen and oxygen atoms in total. The molecule has 0 saturated heterocycles. The van der Waals surface area contributed by atoms with E-state index in [9.17, 15) is 5.11 Å². The van der Waals surface area contributed by atoms with Gasteiger partial charge in [0.05, 0.1) is 0 Å². The minimum atomic E-state index is 0.355. The van der Waals surface area contributed by atoms with Gasteiger partial charge in [0.25, 0.3) is 0 Å². The number of phenolic OH excluding ortho intramolecular Hbond substituents is 1. The fourth-order valence-electron chi connectivity index (χ4n) is 3.56. The molecule has 0 radical (unpaired) electrons. The lowest BCUT2D eigenvalue weighted by Gasteiger charge is -2.17. The summed E-state index contributed by atoms with van der Waals surface area (Å²) in [5.74, 6) is 0.355. The highest BCUT2D eigenvalue weighted by molar-refractivity contribution is 6.31. The largest absolute Gasteiger partial charge is 0.508 e. The van der Waals surface area contributed by atoms with Crippen molar-refractivity contribution >= 4 is 22.4 Å². The van der Waals surface area contributed by atoms with Crippen molar-refractivity contribution in [2.45, 2.75) is 32.1 Å². The van der Waals surface area contributed by atoms with E-state index in [0.29, 0.717) is 12.2 Å². The van der Waals surface area contributed by atoms with Crippen LogP contribution in [0.4, 0.5) is 0 Å². The van der Waals surface area contributed by atoms with E-state index in [0.717, 1.165) is 28.0 Å². The summed E-state index contributed by atoms with van der Waals surface area (Å²) >= 11 is 6.26. The number of halogens is 1. The Hall–Kier alpha value is -1.99. The van der Waals surface area contributed by atoms with Crippen LogP contribution >= 0.6 is 11.6 Å². The first-order valence-electron chi connectivity index (χ1n) is 8.21. The lowest BCUT2D eigenvalue weighted by atomic mass is 9.88. The summed E-state index contributed by atoms with van der Waals surface area (Å²) in [6.45, 7) is 0. The molecule has 4 rings (SSSR count). The maximum Gasteiger partial charge on any atom is 0.119 e. The van der Waals surface area contributed by atoms with Gasteiger partial charge in [-0.05, 0) is 76.9 Å². The van der Waals surface area contributed by atoms with Crippen molar-refractivity contribution in [2.75, 3.05) is 0 Å². The molecule has 2 heteroatoms. The van der Waals surface area contributed by atoms with Crippen LogP contribution in [0.2, 0.25) is 5.02 Å². The van der Waals surface area contributed by atoms with Crippen LogP contribution in [0.25, 0.3) is 10.8 Å². The monoisotopic (exact) mass is 322 g/mol. The summed E-state index contributed by atoms with van der Waals surface area (Å²) < 4.78 is 0. The Bertz CT molecular complexity index is 882. The summed E-state index contributed by atoms with van der Waals surface area (Å²) in [5, 5.41) is 13.5. The standard InChI is InChI=1S/C21H19ClO/c22-20-8-4-3-7-16(20)11-19-12-17-9-14-5-1-2-6-15(14)10-18(17)13-21(19)23/h3-4,7-10,12-13,23H,1-2,5-6,11H2. The second-order valence-corrected chi connectivity index (χ2v) is 6.83. The number of fused-ring (bicyclic) bond motifs is 2. The number of aromatic hydroxyl groups is 1. The van der Waals surface area contributed by atoms with E-state index in [1.54, 1.807) is 0 Å². The van der Waals surface area contributed by atoms with Crippen molar-refractivity contribution in [1.82, 2.24) is 0 Å². The maximum absolute atomic E-state index is 10.4. The Morgan fingerprint density at radius 3 is 2.17 bits per heavy atom. The van der Waals surface area contributed by atoms with Gasteiger partial charge in [-0.15, -0.1) is 0 Å². The molecule has 0 bridgehead atoms. The van der Waals surface area contributed by atoms with Crippen LogP contribution in [0.5, 0.6) is 5.75 Å². The van der Waals surface area contributed by atoms with Crippen LogP contribution in [-0.4, -0.2) is 5.11 Å². The van der Waals surface area contributed by atoms with E-state index in [-0.39, 0.29) is 0 Å². The molecule has 0 saturated carbocycles. The molecule has 23 heavy (non-hydrogen) atoms. The van der Waals surface area contributed by atoms with Crippen molar-refractivity contribution in [3.63, 3.8) is 0 Å². The Kier molecular flexibility index (Phi) is 3.74. The van der Waals surface area contributed by atoms with Crippen LogP contribution in [0.3, 0.4) is 0 Å². The molecule has 0 aromatic heterocycles. The lowest BCUT2D eigenvalue weighted by molar-refractivity contribution is 0.470. The topological polar surface area (TPSA) is 20.2 Å². The highest BCUT2D eigenvalue weighted by Crippen LogP contribution is 2.32. The Labute approximate surface area is 141 Å². The first-order valence-corrected chi connectivity index (χ1v) is 8.59. The van der Waals surface area contributed by atoms with Crippen LogP contribution in [0, 0.1) is 0 Å². The number of rotatable bonds is 2. The fraction of sp³-hybridized carbons (Fsp3) is 0.238. The van der Waals surface area contributed by atoms with Crippen molar-refractivity contribution in [2.24, 2.45) is 0 Å². The quantitative estimate of drug-likeness (QED) is 0.644. The number of hydrogen-bond acceptors (Lipinski definition) is 1. The zero-order valence-corrected chi connectivity index (χ0v) is 13.7. The number of phenols is 1. The molecule has 116 valence electrons. The number of aryl methyl sites for hydroxylation is 2. The van der Waals surface area contributed by atoms with Crippen molar-refractivity contribution in [3.05, 3.63) is 75.8 Å². The second-order valence-electron chi connectivity index (χ2n) is 6.42. The highest BCUT2D eigenvalue weighted by Gasteiger charge is 2.13. The summed E-state index contributed by atoms with van der Waals surface area (Å²) in [6, 6.07) is 16.4. The average Bonchev–Trinajstić information content (AvgIpc) is 2.56. The van der Waals surface area contributed by atoms with Crippen molar-refractivity contribution < 1.29 is 5.11 Å². The average molecular weight is 323 g/mol. The van der Waals surface area contributed by atoms with Crippen LogP contribution in [0.1, 0.15) is 35.1 Å². The van der Waals surface area contributed by atoms with Crippen molar-refractivity contribution in [1.29, 1.82) is 0 Å². The van der Waals surface area contributed by atoms with E-state index in [4.69, 9.17) is 11.6 Å². The van der Waals surface area contributed by atoms with Gasteiger partial charge < -0.3 is 5.11 Å². The SMILES string of the molecule is Oc1cc2cc3c(cc2cc1Cc1ccccc1Cl)CCCC3. The molecule has 0 aliphatic heterocycles. The van der Waals surface area contributed by atoms with Gasteiger partial charge in [0.1, 0.15) is 5.75 Å². The van der Waals surface area contributed by atoms with E-state index in [2.05, 4.69) is 18.2 Å². The molecule has 3 aromatic rings. The fourth-order valence-corrected chi connectivity index (χ4v) is 3.77. The Balaban J connectivity index is 1.78. The Morgan fingerprint density at radius 1 is 0.826 bits per heavy atom. The Morgan fingerprint density at radius 2 is 1.48 bits per heavy atom. The molecule has 1 N–H and O–H groups in total. The third-order valence-electron chi connectivity index (χ3n) is 4.84. The molecule has 0 fully saturated rings. The number of benzene rings is 3. The predicted molar refractivity (Wildman–Crippen MR) is 96.5 cm³/mol. The summed E-state index contributed by atoms with van der Waals surface area (Å²) in [7, 11) is 0. The smallest absolute Gasteiger partial charge is 0.119 e. The van der Waals surface area contributed by atoms with E-state index < -0.39 is 0 Å². The predicted octanol–water partition coefficient (Wildman–Crippen LogP) is 5.67. The zero-order chi connectivity index (χ0) is 15.8.